The van der Waals surface area contributed by atoms with Gasteiger partial charge in [-0.25, -0.2) is 4.79 Å². The third-order valence-electron chi connectivity index (χ3n) is 4.46. The van der Waals surface area contributed by atoms with Crippen molar-refractivity contribution in [2.75, 3.05) is 6.54 Å². The van der Waals surface area contributed by atoms with Crippen LogP contribution in [0.2, 0.25) is 0 Å². The van der Waals surface area contributed by atoms with Crippen LogP contribution < -0.4 is 0 Å². The highest BCUT2D eigenvalue weighted by Crippen LogP contribution is 2.47. The van der Waals surface area contributed by atoms with E-state index in [2.05, 4.69) is 6.92 Å². The van der Waals surface area contributed by atoms with Gasteiger partial charge in [0.25, 0.3) is 0 Å². The van der Waals surface area contributed by atoms with Crippen molar-refractivity contribution in [2.24, 2.45) is 11.3 Å². The lowest BCUT2D eigenvalue weighted by Gasteiger charge is -2.53. The van der Waals surface area contributed by atoms with Crippen LogP contribution in [0.4, 0.5) is 0 Å². The largest absolute Gasteiger partial charge is 0.480 e. The summed E-state index contributed by atoms with van der Waals surface area (Å²) < 4.78 is 0. The summed E-state index contributed by atoms with van der Waals surface area (Å²) in [6.45, 7) is 4.09. The van der Waals surface area contributed by atoms with E-state index >= 15 is 0 Å². The smallest absolute Gasteiger partial charge is 0.329 e. The maximum Gasteiger partial charge on any atom is 0.329 e. The van der Waals surface area contributed by atoms with Gasteiger partial charge in [-0.1, -0.05) is 6.92 Å². The van der Waals surface area contributed by atoms with E-state index in [1.807, 2.05) is 0 Å². The summed E-state index contributed by atoms with van der Waals surface area (Å²) in [5, 5.41) is 18.6. The molecule has 1 saturated carbocycles. The minimum Gasteiger partial charge on any atom is -0.480 e. The number of aliphatic carboxylic acids is 1. The zero-order chi connectivity index (χ0) is 13.5. The second-order valence-electron chi connectivity index (χ2n) is 5.92. The van der Waals surface area contributed by atoms with Crippen LogP contribution in [0.15, 0.2) is 0 Å². The van der Waals surface area contributed by atoms with Crippen LogP contribution in [-0.4, -0.2) is 45.7 Å². The predicted octanol–water partition coefficient (Wildman–Crippen LogP) is 0.859. The van der Waals surface area contributed by atoms with E-state index in [-0.39, 0.29) is 11.3 Å². The lowest BCUT2D eigenvalue weighted by atomic mass is 9.65. The Morgan fingerprint density at radius 1 is 1.44 bits per heavy atom. The van der Waals surface area contributed by atoms with Gasteiger partial charge in [-0.15, -0.1) is 0 Å². The average molecular weight is 255 g/mol. The summed E-state index contributed by atoms with van der Waals surface area (Å²) >= 11 is 0. The molecule has 102 valence electrons. The quantitative estimate of drug-likeness (QED) is 0.733. The van der Waals surface area contributed by atoms with E-state index in [4.69, 9.17) is 5.11 Å². The predicted molar refractivity (Wildman–Crippen MR) is 64.9 cm³/mol. The highest BCUT2D eigenvalue weighted by molar-refractivity contribution is 5.93. The molecule has 2 aliphatic rings. The molecule has 2 rings (SSSR count). The van der Waals surface area contributed by atoms with Gasteiger partial charge in [0.1, 0.15) is 0 Å². The van der Waals surface area contributed by atoms with Gasteiger partial charge < -0.3 is 15.1 Å². The van der Waals surface area contributed by atoms with Crippen molar-refractivity contribution in [1.82, 2.24) is 4.90 Å². The van der Waals surface area contributed by atoms with Gasteiger partial charge in [0, 0.05) is 6.54 Å². The second kappa shape index (κ2) is 4.53. The minimum atomic E-state index is -1.13. The van der Waals surface area contributed by atoms with Crippen LogP contribution in [0.1, 0.15) is 39.5 Å². The van der Waals surface area contributed by atoms with Gasteiger partial charge in [0.05, 0.1) is 11.5 Å². The van der Waals surface area contributed by atoms with Gasteiger partial charge in [0.2, 0.25) is 5.91 Å². The molecule has 18 heavy (non-hydrogen) atoms. The number of nitrogens with zero attached hydrogens (tertiary/aromatic N) is 1. The fraction of sp³-hybridized carbons (Fsp3) is 0.846. The first-order chi connectivity index (χ1) is 8.37. The molecule has 0 bridgehead atoms. The van der Waals surface area contributed by atoms with Gasteiger partial charge in [0.15, 0.2) is 6.04 Å². The van der Waals surface area contributed by atoms with E-state index in [0.29, 0.717) is 12.5 Å². The zero-order valence-electron chi connectivity index (χ0n) is 10.9. The highest BCUT2D eigenvalue weighted by atomic mass is 16.4. The summed E-state index contributed by atoms with van der Waals surface area (Å²) in [6.07, 6.45) is 2.75. The van der Waals surface area contributed by atoms with Gasteiger partial charge >= 0.3 is 5.97 Å². The molecule has 1 unspecified atom stereocenters. The molecule has 0 aromatic carbocycles. The van der Waals surface area contributed by atoms with E-state index in [1.54, 1.807) is 0 Å². The Morgan fingerprint density at radius 2 is 2.00 bits per heavy atom. The van der Waals surface area contributed by atoms with Crippen LogP contribution in [0, 0.1) is 11.3 Å². The molecule has 1 aliphatic heterocycles. The van der Waals surface area contributed by atoms with Crippen LogP contribution in [0.25, 0.3) is 0 Å². The lowest BCUT2D eigenvalue weighted by molar-refractivity contribution is -0.180. The molecule has 5 nitrogen and oxygen atoms in total. The summed E-state index contributed by atoms with van der Waals surface area (Å²) in [7, 11) is 0. The Kier molecular flexibility index (Phi) is 3.36. The molecule has 1 spiro atoms. The van der Waals surface area contributed by atoms with Crippen molar-refractivity contribution < 1.29 is 19.8 Å². The first-order valence-electron chi connectivity index (χ1n) is 6.59. The van der Waals surface area contributed by atoms with Gasteiger partial charge in [-0.3, -0.25) is 4.79 Å². The van der Waals surface area contributed by atoms with Gasteiger partial charge in [-0.05, 0) is 38.5 Å². The Balaban J connectivity index is 2.05. The SMILES string of the molecule is CC1CCC2(CC1)CN([C@H](C(=O)O)C(C)O)C2=O. The van der Waals surface area contributed by atoms with Crippen LogP contribution >= 0.6 is 0 Å². The molecule has 5 heteroatoms. The molecular weight excluding hydrogens is 234 g/mol. The molecule has 0 aromatic rings. The van der Waals surface area contributed by atoms with Crippen LogP contribution in [-0.2, 0) is 9.59 Å². The Hall–Kier alpha value is -1.10. The summed E-state index contributed by atoms with van der Waals surface area (Å²) in [6, 6.07) is -1.09. The molecular formula is C13H21NO4. The van der Waals surface area contributed by atoms with Crippen LogP contribution in [0.3, 0.4) is 0 Å². The number of hydrogen-bond acceptors (Lipinski definition) is 3. The molecule has 0 aromatic heterocycles. The molecule has 2 atom stereocenters. The number of aliphatic hydroxyl groups is 1. The topological polar surface area (TPSA) is 77.8 Å². The number of β-lactam (4-membered cyclic amide) rings is 1. The van der Waals surface area contributed by atoms with E-state index < -0.39 is 18.1 Å². The number of amides is 1. The first-order valence-corrected chi connectivity index (χ1v) is 6.59. The van der Waals surface area contributed by atoms with Crippen molar-refractivity contribution in [1.29, 1.82) is 0 Å². The average Bonchev–Trinajstić information content (AvgIpc) is 2.30. The van der Waals surface area contributed by atoms with Crippen molar-refractivity contribution in [2.45, 2.75) is 51.7 Å². The number of aliphatic hydroxyl groups excluding tert-OH is 1. The normalized spacial score (nSPS) is 35.2. The molecule has 1 amide bonds. The molecule has 1 heterocycles. The van der Waals surface area contributed by atoms with E-state index in [9.17, 15) is 14.7 Å². The molecule has 1 aliphatic carbocycles. The Labute approximate surface area is 107 Å². The summed E-state index contributed by atoms with van der Waals surface area (Å²) in [4.78, 5) is 24.7. The second-order valence-corrected chi connectivity index (χ2v) is 5.92. The number of carbonyl (C=O) groups excluding carboxylic acids is 1. The maximum absolute atomic E-state index is 12.2. The van der Waals surface area contributed by atoms with Crippen molar-refractivity contribution in [3.63, 3.8) is 0 Å². The number of likely N-dealkylation sites (tertiary alicyclic amines) is 1. The van der Waals surface area contributed by atoms with E-state index in [0.717, 1.165) is 25.7 Å². The first kappa shape index (κ1) is 13.3. The Morgan fingerprint density at radius 3 is 2.39 bits per heavy atom. The third-order valence-corrected chi connectivity index (χ3v) is 4.46. The van der Waals surface area contributed by atoms with Crippen molar-refractivity contribution in [3.05, 3.63) is 0 Å². The van der Waals surface area contributed by atoms with Crippen molar-refractivity contribution in [3.8, 4) is 0 Å². The highest BCUT2D eigenvalue weighted by Gasteiger charge is 2.56. The number of carboxylic acid groups (broad SMARTS) is 1. The molecule has 2 fully saturated rings. The molecule has 2 N–H and O–H groups in total. The number of carbonyl (C=O) groups is 2. The standard InChI is InChI=1S/C13H21NO4/c1-8-3-5-13(6-4-8)7-14(12(13)18)10(9(2)15)11(16)17/h8-10,15H,3-7H2,1-2H3,(H,16,17)/t8?,9?,10-,13?/m0/s1. The summed E-state index contributed by atoms with van der Waals surface area (Å²) in [5.74, 6) is -0.551. The Bertz CT molecular complexity index is 358. The zero-order valence-corrected chi connectivity index (χ0v) is 10.9. The van der Waals surface area contributed by atoms with E-state index in [1.165, 1.54) is 11.8 Å². The molecule has 0 radical (unpaired) electrons. The minimum absolute atomic E-state index is 0.0808. The van der Waals surface area contributed by atoms with Crippen molar-refractivity contribution >= 4 is 11.9 Å². The number of hydrogen-bond donors (Lipinski definition) is 2. The monoisotopic (exact) mass is 255 g/mol. The lowest BCUT2D eigenvalue weighted by Crippen LogP contribution is -2.68. The number of carboxylic acids is 1. The fourth-order valence-electron chi connectivity index (χ4n) is 3.19. The maximum atomic E-state index is 12.2. The fourth-order valence-corrected chi connectivity index (χ4v) is 3.19. The third kappa shape index (κ3) is 2.00. The van der Waals surface area contributed by atoms with Crippen LogP contribution in [0.5, 0.6) is 0 Å². The summed E-state index contributed by atoms with van der Waals surface area (Å²) in [5.41, 5.74) is -0.324. The molecule has 1 saturated heterocycles. The number of rotatable bonds is 3. The van der Waals surface area contributed by atoms with Gasteiger partial charge in [-0.2, -0.15) is 0 Å².